The minimum atomic E-state index is -0.979. The van der Waals surface area contributed by atoms with E-state index in [4.69, 9.17) is 5.11 Å². The van der Waals surface area contributed by atoms with E-state index in [0.717, 1.165) is 6.54 Å². The average Bonchev–Trinajstić information content (AvgIpc) is 2.89. The monoisotopic (exact) mass is 247 g/mol. The van der Waals surface area contributed by atoms with Crippen molar-refractivity contribution in [3.8, 4) is 0 Å². The molecule has 0 aromatic heterocycles. The van der Waals surface area contributed by atoms with Crippen LogP contribution in [0.15, 0.2) is 24.3 Å². The zero-order valence-electron chi connectivity index (χ0n) is 10.2. The molecule has 18 heavy (non-hydrogen) atoms. The largest absolute Gasteiger partial charge is 0.478 e. The number of carboxylic acids is 1. The Balaban J connectivity index is 1.89. The second-order valence-corrected chi connectivity index (χ2v) is 4.74. The van der Waals surface area contributed by atoms with Gasteiger partial charge in [0, 0.05) is 12.1 Å². The molecule has 1 amide bonds. The van der Waals surface area contributed by atoms with Crippen LogP contribution >= 0.6 is 0 Å². The van der Waals surface area contributed by atoms with E-state index in [0.29, 0.717) is 11.5 Å². The Morgan fingerprint density at radius 1 is 1.11 bits per heavy atom. The first-order chi connectivity index (χ1) is 8.66. The molecule has 0 heterocycles. The first-order valence-electron chi connectivity index (χ1n) is 6.28. The van der Waals surface area contributed by atoms with E-state index in [-0.39, 0.29) is 11.5 Å². The average molecular weight is 247 g/mol. The van der Waals surface area contributed by atoms with Gasteiger partial charge in [0.25, 0.3) is 5.91 Å². The number of nitrogens with one attached hydrogen (secondary N) is 1. The summed E-state index contributed by atoms with van der Waals surface area (Å²) in [5.74, 6) is -0.501. The Labute approximate surface area is 106 Å². The molecule has 1 aliphatic carbocycles. The summed E-state index contributed by atoms with van der Waals surface area (Å²) in [5.41, 5.74) is 0.709. The number of carboxylic acid groups (broad SMARTS) is 1. The van der Waals surface area contributed by atoms with Gasteiger partial charge in [-0.3, -0.25) is 4.79 Å². The molecule has 0 saturated heterocycles. The van der Waals surface area contributed by atoms with Crippen molar-refractivity contribution in [2.45, 2.75) is 25.7 Å². The Morgan fingerprint density at radius 2 is 1.67 bits per heavy atom. The van der Waals surface area contributed by atoms with Crippen molar-refractivity contribution >= 4 is 11.9 Å². The van der Waals surface area contributed by atoms with Crippen LogP contribution in [0.1, 0.15) is 46.4 Å². The van der Waals surface area contributed by atoms with Crippen LogP contribution in [0.5, 0.6) is 0 Å². The van der Waals surface area contributed by atoms with E-state index in [1.807, 2.05) is 0 Å². The van der Waals surface area contributed by atoms with Gasteiger partial charge in [-0.05, 0) is 43.0 Å². The number of amides is 1. The van der Waals surface area contributed by atoms with Crippen molar-refractivity contribution in [2.24, 2.45) is 5.92 Å². The van der Waals surface area contributed by atoms with Crippen LogP contribution in [0.2, 0.25) is 0 Å². The van der Waals surface area contributed by atoms with Gasteiger partial charge in [-0.15, -0.1) is 0 Å². The number of hydrogen-bond acceptors (Lipinski definition) is 2. The highest BCUT2D eigenvalue weighted by Crippen LogP contribution is 2.23. The molecule has 0 unspecified atom stereocenters. The zero-order chi connectivity index (χ0) is 13.0. The van der Waals surface area contributed by atoms with Gasteiger partial charge >= 0.3 is 5.97 Å². The molecule has 1 aromatic carbocycles. The normalized spacial score (nSPS) is 15.6. The van der Waals surface area contributed by atoms with Gasteiger partial charge in [-0.25, -0.2) is 4.79 Å². The van der Waals surface area contributed by atoms with Gasteiger partial charge in [0.05, 0.1) is 5.56 Å². The lowest BCUT2D eigenvalue weighted by atomic mass is 10.1. The summed E-state index contributed by atoms with van der Waals surface area (Å²) in [6, 6.07) is 6.00. The highest BCUT2D eigenvalue weighted by molar-refractivity contribution is 5.95. The van der Waals surface area contributed by atoms with Crippen LogP contribution in [-0.2, 0) is 0 Å². The van der Waals surface area contributed by atoms with Crippen molar-refractivity contribution in [3.63, 3.8) is 0 Å². The number of aromatic carboxylic acids is 1. The fourth-order valence-corrected chi connectivity index (χ4v) is 2.32. The third-order valence-electron chi connectivity index (χ3n) is 3.42. The Hall–Kier alpha value is -1.84. The molecule has 0 radical (unpaired) electrons. The predicted octanol–water partition coefficient (Wildman–Crippen LogP) is 2.30. The van der Waals surface area contributed by atoms with E-state index in [9.17, 15) is 9.59 Å². The van der Waals surface area contributed by atoms with Gasteiger partial charge in [-0.1, -0.05) is 12.8 Å². The molecule has 1 aromatic rings. The van der Waals surface area contributed by atoms with Crippen LogP contribution in [0.4, 0.5) is 0 Å². The van der Waals surface area contributed by atoms with Crippen molar-refractivity contribution in [1.82, 2.24) is 5.32 Å². The van der Waals surface area contributed by atoms with Crippen LogP contribution in [0.25, 0.3) is 0 Å². The third kappa shape index (κ3) is 3.09. The standard InChI is InChI=1S/C14H17NO3/c16-13(15-9-10-3-1-2-4-10)11-5-7-12(8-6-11)14(17)18/h5-8,10H,1-4,9H2,(H,15,16)(H,17,18). The summed E-state index contributed by atoms with van der Waals surface area (Å²) in [6.45, 7) is 0.722. The van der Waals surface area contributed by atoms with Crippen LogP contribution in [0.3, 0.4) is 0 Å². The fraction of sp³-hybridized carbons (Fsp3) is 0.429. The second kappa shape index (κ2) is 5.67. The maximum Gasteiger partial charge on any atom is 0.335 e. The highest BCUT2D eigenvalue weighted by Gasteiger charge is 2.16. The minimum Gasteiger partial charge on any atom is -0.478 e. The molecular formula is C14H17NO3. The molecular weight excluding hydrogens is 230 g/mol. The molecule has 0 aliphatic heterocycles. The Morgan fingerprint density at radius 3 is 2.22 bits per heavy atom. The van der Waals surface area contributed by atoms with Gasteiger partial charge < -0.3 is 10.4 Å². The quantitative estimate of drug-likeness (QED) is 0.858. The van der Waals surface area contributed by atoms with E-state index in [2.05, 4.69) is 5.32 Å². The van der Waals surface area contributed by atoms with E-state index in [1.165, 1.54) is 37.8 Å². The van der Waals surface area contributed by atoms with Gasteiger partial charge in [0.2, 0.25) is 0 Å². The van der Waals surface area contributed by atoms with E-state index >= 15 is 0 Å². The third-order valence-corrected chi connectivity index (χ3v) is 3.42. The molecule has 1 aliphatic rings. The summed E-state index contributed by atoms with van der Waals surface area (Å²) < 4.78 is 0. The smallest absolute Gasteiger partial charge is 0.335 e. The zero-order valence-corrected chi connectivity index (χ0v) is 10.2. The Bertz CT molecular complexity index is 433. The molecule has 4 heteroatoms. The maximum atomic E-state index is 11.8. The molecule has 2 N–H and O–H groups in total. The van der Waals surface area contributed by atoms with Crippen molar-refractivity contribution in [2.75, 3.05) is 6.54 Å². The molecule has 1 fully saturated rings. The predicted molar refractivity (Wildman–Crippen MR) is 67.7 cm³/mol. The summed E-state index contributed by atoms with van der Waals surface area (Å²) in [4.78, 5) is 22.5. The summed E-state index contributed by atoms with van der Waals surface area (Å²) in [6.07, 6.45) is 4.90. The lowest BCUT2D eigenvalue weighted by Crippen LogP contribution is -2.28. The molecule has 0 spiro atoms. The Kier molecular flexibility index (Phi) is 3.97. The van der Waals surface area contributed by atoms with Crippen molar-refractivity contribution < 1.29 is 14.7 Å². The number of rotatable bonds is 4. The number of hydrogen-bond donors (Lipinski definition) is 2. The molecule has 4 nitrogen and oxygen atoms in total. The van der Waals surface area contributed by atoms with E-state index < -0.39 is 5.97 Å². The summed E-state index contributed by atoms with van der Waals surface area (Å²) >= 11 is 0. The summed E-state index contributed by atoms with van der Waals surface area (Å²) in [7, 11) is 0. The van der Waals surface area contributed by atoms with Crippen LogP contribution < -0.4 is 5.32 Å². The topological polar surface area (TPSA) is 66.4 Å². The highest BCUT2D eigenvalue weighted by atomic mass is 16.4. The SMILES string of the molecule is O=C(O)c1ccc(C(=O)NCC2CCCC2)cc1. The van der Waals surface area contributed by atoms with Crippen molar-refractivity contribution in [3.05, 3.63) is 35.4 Å². The van der Waals surface area contributed by atoms with Crippen LogP contribution in [0, 0.1) is 5.92 Å². The molecule has 2 rings (SSSR count). The minimum absolute atomic E-state index is 0.126. The molecule has 0 bridgehead atoms. The molecule has 0 atom stereocenters. The first kappa shape index (κ1) is 12.6. The lowest BCUT2D eigenvalue weighted by molar-refractivity contribution is 0.0696. The van der Waals surface area contributed by atoms with Gasteiger partial charge in [-0.2, -0.15) is 0 Å². The molecule has 1 saturated carbocycles. The first-order valence-corrected chi connectivity index (χ1v) is 6.28. The number of carbonyl (C=O) groups is 2. The van der Waals surface area contributed by atoms with Crippen molar-refractivity contribution in [1.29, 1.82) is 0 Å². The maximum absolute atomic E-state index is 11.8. The summed E-state index contributed by atoms with van der Waals surface area (Å²) in [5, 5.41) is 11.7. The van der Waals surface area contributed by atoms with Gasteiger partial charge in [0.1, 0.15) is 0 Å². The number of benzene rings is 1. The molecule has 96 valence electrons. The fourth-order valence-electron chi connectivity index (χ4n) is 2.32. The lowest BCUT2D eigenvalue weighted by Gasteiger charge is -2.10. The van der Waals surface area contributed by atoms with Gasteiger partial charge in [0.15, 0.2) is 0 Å². The van der Waals surface area contributed by atoms with Crippen LogP contribution in [-0.4, -0.2) is 23.5 Å². The number of carbonyl (C=O) groups excluding carboxylic acids is 1. The van der Waals surface area contributed by atoms with E-state index in [1.54, 1.807) is 12.1 Å². The second-order valence-electron chi connectivity index (χ2n) is 4.74.